The summed E-state index contributed by atoms with van der Waals surface area (Å²) in [6.45, 7) is 0. The molecule has 1 heterocycles. The van der Waals surface area contributed by atoms with Crippen molar-refractivity contribution in [3.8, 4) is 0 Å². The van der Waals surface area contributed by atoms with Crippen molar-refractivity contribution in [3.05, 3.63) is 0 Å². The predicted octanol–water partition coefficient (Wildman–Crippen LogP) is -1.86. The fourth-order valence-corrected chi connectivity index (χ4v) is 0.688. The second kappa shape index (κ2) is 5.07. The van der Waals surface area contributed by atoms with Crippen LogP contribution in [-0.2, 0) is 38.7 Å². The molecule has 0 amide bonds. The second-order valence-electron chi connectivity index (χ2n) is 2.67. The summed E-state index contributed by atoms with van der Waals surface area (Å²) in [5.41, 5.74) is 0. The third kappa shape index (κ3) is 3.53. The van der Waals surface area contributed by atoms with Gasteiger partial charge in [-0.1, -0.05) is 0 Å². The van der Waals surface area contributed by atoms with Crippen LogP contribution >= 0.6 is 0 Å². The van der Waals surface area contributed by atoms with Crippen molar-refractivity contribution < 1.29 is 43.8 Å². The Kier molecular flexibility index (Phi) is 3.78. The van der Waals surface area contributed by atoms with Crippen LogP contribution in [0.25, 0.3) is 0 Å². The molecule has 1 aliphatic rings. The third-order valence-electron chi connectivity index (χ3n) is 1.37. The zero-order valence-electron chi connectivity index (χ0n) is 7.70. The fourth-order valence-electron chi connectivity index (χ4n) is 0.688. The van der Waals surface area contributed by atoms with Gasteiger partial charge in [0.2, 0.25) is 0 Å². The van der Waals surface area contributed by atoms with Gasteiger partial charge in [-0.15, -0.1) is 0 Å². The van der Waals surface area contributed by atoms with E-state index in [1.54, 1.807) is 0 Å². The van der Waals surface area contributed by atoms with Gasteiger partial charge in [0, 0.05) is 0 Å². The highest BCUT2D eigenvalue weighted by atomic mass is 17.2. The first-order valence-corrected chi connectivity index (χ1v) is 3.98. The Hall–Kier alpha value is -2.16. The molecule has 0 bridgehead atoms. The maximum atomic E-state index is 10.8. The largest absolute Gasteiger partial charge is 0.384 e. The Morgan fingerprint density at radius 1 is 0.875 bits per heavy atom. The van der Waals surface area contributed by atoms with Gasteiger partial charge in [-0.05, 0) is 0 Å². The van der Waals surface area contributed by atoms with Crippen molar-refractivity contribution >= 4 is 23.9 Å². The van der Waals surface area contributed by atoms with E-state index in [1.807, 2.05) is 0 Å². The van der Waals surface area contributed by atoms with Gasteiger partial charge in [-0.3, -0.25) is 0 Å². The standard InChI is InChI=1S/C7H6O9/c8-3-1-4(9)13-14-5(10)2-6(11)15-16-7(3)12/h3,8H,1-2H2. The van der Waals surface area contributed by atoms with E-state index in [9.17, 15) is 19.2 Å². The molecule has 1 rings (SSSR count). The monoisotopic (exact) mass is 234 g/mol. The van der Waals surface area contributed by atoms with E-state index in [2.05, 4.69) is 19.6 Å². The fraction of sp³-hybridized carbons (Fsp3) is 0.429. The number of hydrogen-bond donors (Lipinski definition) is 1. The first-order chi connectivity index (χ1) is 7.49. The lowest BCUT2D eigenvalue weighted by Gasteiger charge is -2.05. The van der Waals surface area contributed by atoms with Crippen LogP contribution in [0.5, 0.6) is 0 Å². The SMILES string of the molecule is O=C1CC(=O)OOC(=O)C(O)CC(=O)OO1. The van der Waals surface area contributed by atoms with Crippen LogP contribution in [0.4, 0.5) is 0 Å². The molecule has 0 aromatic heterocycles. The number of carbonyl (C=O) groups excluding carboxylic acids is 4. The molecule has 1 saturated heterocycles. The molecule has 9 nitrogen and oxygen atoms in total. The molecule has 16 heavy (non-hydrogen) atoms. The number of rotatable bonds is 0. The van der Waals surface area contributed by atoms with E-state index in [0.29, 0.717) is 0 Å². The molecule has 1 aliphatic heterocycles. The summed E-state index contributed by atoms with van der Waals surface area (Å²) in [4.78, 5) is 58.6. The Morgan fingerprint density at radius 2 is 1.38 bits per heavy atom. The predicted molar refractivity (Wildman–Crippen MR) is 39.6 cm³/mol. The van der Waals surface area contributed by atoms with Crippen LogP contribution in [0.15, 0.2) is 0 Å². The topological polar surface area (TPSA) is 125 Å². The summed E-state index contributed by atoms with van der Waals surface area (Å²) in [5, 5.41) is 9.01. The lowest BCUT2D eigenvalue weighted by molar-refractivity contribution is -0.265. The smallest absolute Gasteiger partial charge is 0.381 e. The molecule has 1 fully saturated rings. The highest BCUT2D eigenvalue weighted by molar-refractivity contribution is 5.91. The van der Waals surface area contributed by atoms with Gasteiger partial charge in [-0.2, -0.15) is 0 Å². The van der Waals surface area contributed by atoms with Crippen LogP contribution in [-0.4, -0.2) is 35.1 Å². The minimum Gasteiger partial charge on any atom is -0.381 e. The van der Waals surface area contributed by atoms with Gasteiger partial charge in [0.05, 0.1) is 6.42 Å². The van der Waals surface area contributed by atoms with E-state index in [1.165, 1.54) is 0 Å². The number of hydrogen-bond acceptors (Lipinski definition) is 9. The molecular weight excluding hydrogens is 228 g/mol. The van der Waals surface area contributed by atoms with E-state index in [-0.39, 0.29) is 0 Å². The lowest BCUT2D eigenvalue weighted by atomic mass is 10.3. The zero-order valence-corrected chi connectivity index (χ0v) is 7.70. The molecule has 1 atom stereocenters. The van der Waals surface area contributed by atoms with Crippen molar-refractivity contribution in [2.45, 2.75) is 18.9 Å². The summed E-state index contributed by atoms with van der Waals surface area (Å²) in [7, 11) is 0. The molecule has 0 aromatic carbocycles. The van der Waals surface area contributed by atoms with Crippen LogP contribution in [0, 0.1) is 0 Å². The second-order valence-corrected chi connectivity index (χ2v) is 2.67. The minimum absolute atomic E-state index is 0.802. The first-order valence-electron chi connectivity index (χ1n) is 3.98. The molecule has 0 aliphatic carbocycles. The van der Waals surface area contributed by atoms with E-state index >= 15 is 0 Å². The average Bonchev–Trinajstić information content (AvgIpc) is 2.23. The summed E-state index contributed by atoms with van der Waals surface area (Å²) in [6.07, 6.45) is -3.59. The summed E-state index contributed by atoms with van der Waals surface area (Å²) in [5.74, 6) is -4.97. The summed E-state index contributed by atoms with van der Waals surface area (Å²) < 4.78 is 0. The van der Waals surface area contributed by atoms with E-state index in [4.69, 9.17) is 5.11 Å². The van der Waals surface area contributed by atoms with Crippen molar-refractivity contribution in [2.24, 2.45) is 0 Å². The number of aliphatic hydroxyl groups is 1. The van der Waals surface area contributed by atoms with Gasteiger partial charge in [0.25, 0.3) is 0 Å². The highest BCUT2D eigenvalue weighted by Gasteiger charge is 2.27. The van der Waals surface area contributed by atoms with Crippen molar-refractivity contribution in [2.75, 3.05) is 0 Å². The van der Waals surface area contributed by atoms with Gasteiger partial charge in [-0.25, -0.2) is 38.7 Å². The molecule has 0 saturated carbocycles. The summed E-state index contributed by atoms with van der Waals surface area (Å²) >= 11 is 0. The number of carbonyl (C=O) groups is 4. The first kappa shape index (κ1) is 11.9. The van der Waals surface area contributed by atoms with Gasteiger partial charge >= 0.3 is 23.9 Å². The van der Waals surface area contributed by atoms with E-state index in [0.717, 1.165) is 0 Å². The molecular formula is C7H6O9. The van der Waals surface area contributed by atoms with Crippen LogP contribution < -0.4 is 0 Å². The van der Waals surface area contributed by atoms with Crippen LogP contribution in [0.1, 0.15) is 12.8 Å². The molecule has 0 radical (unpaired) electrons. The minimum atomic E-state index is -1.88. The van der Waals surface area contributed by atoms with Gasteiger partial charge < -0.3 is 5.11 Å². The molecule has 1 unspecified atom stereocenters. The Bertz CT molecular complexity index is 333. The quantitative estimate of drug-likeness (QED) is 0.379. The van der Waals surface area contributed by atoms with Crippen LogP contribution in [0.2, 0.25) is 0 Å². The molecule has 0 spiro atoms. The molecule has 0 aromatic rings. The third-order valence-corrected chi connectivity index (χ3v) is 1.37. The van der Waals surface area contributed by atoms with Crippen molar-refractivity contribution in [1.29, 1.82) is 0 Å². The molecule has 9 heteroatoms. The Balaban J connectivity index is 2.69. The van der Waals surface area contributed by atoms with Crippen LogP contribution in [0.3, 0.4) is 0 Å². The van der Waals surface area contributed by atoms with Gasteiger partial charge in [0.15, 0.2) is 12.5 Å². The average molecular weight is 234 g/mol. The zero-order chi connectivity index (χ0) is 12.1. The normalized spacial score (nSPS) is 23.4. The number of aliphatic hydroxyl groups excluding tert-OH is 1. The highest BCUT2D eigenvalue weighted by Crippen LogP contribution is 2.03. The molecule has 88 valence electrons. The van der Waals surface area contributed by atoms with Crippen molar-refractivity contribution in [3.63, 3.8) is 0 Å². The summed E-state index contributed by atoms with van der Waals surface area (Å²) in [6, 6.07) is 0. The van der Waals surface area contributed by atoms with Gasteiger partial charge in [0.1, 0.15) is 0 Å². The Morgan fingerprint density at radius 3 is 2.00 bits per heavy atom. The van der Waals surface area contributed by atoms with E-state index < -0.39 is 42.8 Å². The maximum absolute atomic E-state index is 10.8. The molecule has 1 N–H and O–H groups in total. The van der Waals surface area contributed by atoms with Crippen molar-refractivity contribution in [1.82, 2.24) is 0 Å². The Labute approximate surface area is 87.7 Å². The lowest BCUT2D eigenvalue weighted by Crippen LogP contribution is -2.27. The maximum Gasteiger partial charge on any atom is 0.384 e.